The summed E-state index contributed by atoms with van der Waals surface area (Å²) in [5.41, 5.74) is 1.18. The number of aromatic hydroxyl groups is 1. The Bertz CT molecular complexity index is 316. The Labute approximate surface area is 77.0 Å². The summed E-state index contributed by atoms with van der Waals surface area (Å²) >= 11 is 5.80. The number of para-hydroxylation sites is 1. The molecule has 1 aromatic carbocycles. The van der Waals surface area contributed by atoms with E-state index < -0.39 is 0 Å². The molecule has 0 bridgehead atoms. The van der Waals surface area contributed by atoms with E-state index in [0.717, 1.165) is 18.4 Å². The number of benzene rings is 1. The quantitative estimate of drug-likeness (QED) is 0.708. The second-order valence-corrected chi connectivity index (χ2v) is 4.10. The topological polar surface area (TPSA) is 20.2 Å². The van der Waals surface area contributed by atoms with Crippen LogP contribution >= 0.6 is 11.6 Å². The lowest BCUT2D eigenvalue weighted by Gasteiger charge is -2.11. The highest BCUT2D eigenvalue weighted by molar-refractivity contribution is 6.32. The molecular weight excluding hydrogens is 172 g/mol. The van der Waals surface area contributed by atoms with Crippen LogP contribution in [0.25, 0.3) is 0 Å². The summed E-state index contributed by atoms with van der Waals surface area (Å²) in [5.74, 6) is 0.263. The molecule has 12 heavy (non-hydrogen) atoms. The van der Waals surface area contributed by atoms with E-state index in [1.54, 1.807) is 6.07 Å². The van der Waals surface area contributed by atoms with E-state index in [-0.39, 0.29) is 11.2 Å². The highest BCUT2D eigenvalue weighted by Gasteiger charge is 2.41. The molecule has 0 amide bonds. The summed E-state index contributed by atoms with van der Waals surface area (Å²) < 4.78 is 0. The van der Waals surface area contributed by atoms with Gasteiger partial charge in [0.15, 0.2) is 0 Å². The third-order valence-electron chi connectivity index (χ3n) is 2.64. The molecule has 1 aliphatic carbocycles. The third-order valence-corrected chi connectivity index (χ3v) is 2.94. The van der Waals surface area contributed by atoms with Crippen LogP contribution in [0.1, 0.15) is 25.3 Å². The van der Waals surface area contributed by atoms with Crippen molar-refractivity contribution in [1.82, 2.24) is 0 Å². The third kappa shape index (κ3) is 1.09. The zero-order valence-electron chi connectivity index (χ0n) is 6.97. The maximum Gasteiger partial charge on any atom is 0.137 e. The Balaban J connectivity index is 2.51. The molecule has 0 aromatic heterocycles. The standard InChI is InChI=1S/C10H11ClO/c1-10(5-6-10)7-3-2-4-8(11)9(7)12/h2-4,12H,5-6H2,1H3. The summed E-state index contributed by atoms with van der Waals surface area (Å²) in [6, 6.07) is 5.56. The first-order chi connectivity index (χ1) is 5.63. The van der Waals surface area contributed by atoms with Crippen LogP contribution in [-0.4, -0.2) is 5.11 Å². The number of phenolic OH excluding ortho intramolecular Hbond substituents is 1. The molecule has 0 saturated heterocycles. The molecule has 1 aromatic rings. The Hall–Kier alpha value is -0.690. The van der Waals surface area contributed by atoms with E-state index in [4.69, 9.17) is 11.6 Å². The van der Waals surface area contributed by atoms with Crippen molar-refractivity contribution >= 4 is 11.6 Å². The first kappa shape index (κ1) is 7.93. The average Bonchev–Trinajstić information content (AvgIpc) is 2.75. The molecule has 1 nitrogen and oxygen atoms in total. The molecule has 0 radical (unpaired) electrons. The smallest absolute Gasteiger partial charge is 0.137 e. The Kier molecular flexibility index (Phi) is 1.58. The molecular formula is C10H11ClO. The van der Waals surface area contributed by atoms with Gasteiger partial charge in [0.25, 0.3) is 0 Å². The van der Waals surface area contributed by atoms with Crippen LogP contribution < -0.4 is 0 Å². The molecule has 0 atom stereocenters. The summed E-state index contributed by atoms with van der Waals surface area (Å²) in [4.78, 5) is 0. The lowest BCUT2D eigenvalue weighted by atomic mass is 9.97. The van der Waals surface area contributed by atoms with Gasteiger partial charge in [-0.15, -0.1) is 0 Å². The summed E-state index contributed by atoms with van der Waals surface area (Å²) in [6.45, 7) is 2.15. The first-order valence-electron chi connectivity index (χ1n) is 4.11. The minimum atomic E-state index is 0.189. The minimum Gasteiger partial charge on any atom is -0.506 e. The van der Waals surface area contributed by atoms with Gasteiger partial charge in [-0.2, -0.15) is 0 Å². The molecule has 1 aliphatic rings. The predicted octanol–water partition coefficient (Wildman–Crippen LogP) is 3.10. The van der Waals surface area contributed by atoms with Crippen molar-refractivity contribution in [3.05, 3.63) is 28.8 Å². The van der Waals surface area contributed by atoms with Gasteiger partial charge in [0.05, 0.1) is 5.02 Å². The van der Waals surface area contributed by atoms with Crippen LogP contribution in [0, 0.1) is 0 Å². The minimum absolute atomic E-state index is 0.189. The van der Waals surface area contributed by atoms with Gasteiger partial charge in [0.2, 0.25) is 0 Å². The number of rotatable bonds is 1. The summed E-state index contributed by atoms with van der Waals surface area (Å²) in [7, 11) is 0. The van der Waals surface area contributed by atoms with Gasteiger partial charge in [-0.25, -0.2) is 0 Å². The molecule has 0 heterocycles. The van der Waals surface area contributed by atoms with Crippen LogP contribution in [-0.2, 0) is 5.41 Å². The molecule has 0 unspecified atom stereocenters. The highest BCUT2D eigenvalue weighted by Crippen LogP contribution is 2.51. The lowest BCUT2D eigenvalue weighted by molar-refractivity contribution is 0.462. The van der Waals surface area contributed by atoms with Gasteiger partial charge in [-0.05, 0) is 24.3 Å². The van der Waals surface area contributed by atoms with Crippen LogP contribution in [0.2, 0.25) is 5.02 Å². The summed E-state index contributed by atoms with van der Waals surface area (Å²) in [6.07, 6.45) is 2.31. The second kappa shape index (κ2) is 2.40. The van der Waals surface area contributed by atoms with Gasteiger partial charge < -0.3 is 5.11 Å². The molecule has 1 fully saturated rings. The second-order valence-electron chi connectivity index (χ2n) is 3.70. The van der Waals surface area contributed by atoms with Crippen molar-refractivity contribution < 1.29 is 5.11 Å². The van der Waals surface area contributed by atoms with Crippen molar-refractivity contribution in [2.24, 2.45) is 0 Å². The van der Waals surface area contributed by atoms with Gasteiger partial charge in [0.1, 0.15) is 5.75 Å². The highest BCUT2D eigenvalue weighted by atomic mass is 35.5. The Morgan fingerprint density at radius 2 is 2.08 bits per heavy atom. The SMILES string of the molecule is CC1(c2cccc(Cl)c2O)CC1. The predicted molar refractivity (Wildman–Crippen MR) is 49.7 cm³/mol. The maximum absolute atomic E-state index is 9.64. The molecule has 2 heteroatoms. The molecule has 1 N–H and O–H groups in total. The van der Waals surface area contributed by atoms with Crippen molar-refractivity contribution in [1.29, 1.82) is 0 Å². The fraction of sp³-hybridized carbons (Fsp3) is 0.400. The van der Waals surface area contributed by atoms with Crippen LogP contribution in [0.5, 0.6) is 5.75 Å². The van der Waals surface area contributed by atoms with Gasteiger partial charge in [-0.3, -0.25) is 0 Å². The van der Waals surface area contributed by atoms with E-state index >= 15 is 0 Å². The fourth-order valence-corrected chi connectivity index (χ4v) is 1.63. The fourth-order valence-electron chi connectivity index (χ4n) is 1.46. The van der Waals surface area contributed by atoms with Crippen LogP contribution in [0.3, 0.4) is 0 Å². The van der Waals surface area contributed by atoms with E-state index in [2.05, 4.69) is 6.92 Å². The van der Waals surface area contributed by atoms with Gasteiger partial charge in [-0.1, -0.05) is 30.7 Å². The summed E-state index contributed by atoms with van der Waals surface area (Å²) in [5, 5.41) is 10.1. The van der Waals surface area contributed by atoms with E-state index in [1.807, 2.05) is 12.1 Å². The number of hydrogen-bond donors (Lipinski definition) is 1. The molecule has 1 saturated carbocycles. The van der Waals surface area contributed by atoms with Crippen molar-refractivity contribution in [2.45, 2.75) is 25.2 Å². The zero-order valence-corrected chi connectivity index (χ0v) is 7.73. The molecule has 2 rings (SSSR count). The van der Waals surface area contributed by atoms with Crippen LogP contribution in [0.4, 0.5) is 0 Å². The van der Waals surface area contributed by atoms with Gasteiger partial charge >= 0.3 is 0 Å². The number of hydrogen-bond acceptors (Lipinski definition) is 1. The van der Waals surface area contributed by atoms with E-state index in [1.165, 1.54) is 0 Å². The molecule has 0 spiro atoms. The zero-order chi connectivity index (χ0) is 8.77. The van der Waals surface area contributed by atoms with Crippen LogP contribution in [0.15, 0.2) is 18.2 Å². The van der Waals surface area contributed by atoms with Crippen molar-refractivity contribution in [3.8, 4) is 5.75 Å². The van der Waals surface area contributed by atoms with E-state index in [0.29, 0.717) is 5.02 Å². The monoisotopic (exact) mass is 182 g/mol. The van der Waals surface area contributed by atoms with Crippen molar-refractivity contribution in [2.75, 3.05) is 0 Å². The lowest BCUT2D eigenvalue weighted by Crippen LogP contribution is -1.99. The Morgan fingerprint density at radius 3 is 2.67 bits per heavy atom. The first-order valence-corrected chi connectivity index (χ1v) is 4.49. The maximum atomic E-state index is 9.64. The number of phenols is 1. The number of halogens is 1. The van der Waals surface area contributed by atoms with Gasteiger partial charge in [0, 0.05) is 5.56 Å². The normalized spacial score (nSPS) is 19.2. The largest absolute Gasteiger partial charge is 0.506 e. The average molecular weight is 183 g/mol. The van der Waals surface area contributed by atoms with Crippen molar-refractivity contribution in [3.63, 3.8) is 0 Å². The molecule has 64 valence electrons. The Morgan fingerprint density at radius 1 is 1.42 bits per heavy atom. The molecule has 0 aliphatic heterocycles. The van der Waals surface area contributed by atoms with E-state index in [9.17, 15) is 5.11 Å².